The van der Waals surface area contributed by atoms with Gasteiger partial charge in [-0.05, 0) is 37.5 Å². The number of ether oxygens (including phenoxy) is 2. The molecule has 0 saturated carbocycles. The van der Waals surface area contributed by atoms with E-state index in [2.05, 4.69) is 5.32 Å². The molecule has 0 spiro atoms. The maximum atomic E-state index is 11.9. The Kier molecular flexibility index (Phi) is 7.40. The zero-order valence-electron chi connectivity index (χ0n) is 14.8. The van der Waals surface area contributed by atoms with Crippen molar-refractivity contribution in [1.29, 1.82) is 0 Å². The van der Waals surface area contributed by atoms with Crippen molar-refractivity contribution in [3.63, 3.8) is 0 Å². The van der Waals surface area contributed by atoms with Crippen LogP contribution in [0.4, 0.5) is 4.79 Å². The van der Waals surface area contributed by atoms with Crippen LogP contribution in [0.2, 0.25) is 0 Å². The lowest BCUT2D eigenvalue weighted by Gasteiger charge is -2.31. The van der Waals surface area contributed by atoms with Crippen molar-refractivity contribution in [3.8, 4) is 0 Å². The highest BCUT2D eigenvalue weighted by atomic mass is 16.6. The fourth-order valence-corrected chi connectivity index (χ4v) is 2.65. The Bertz CT molecular complexity index is 623. The van der Waals surface area contributed by atoms with Gasteiger partial charge >= 0.3 is 12.1 Å². The van der Waals surface area contributed by atoms with Gasteiger partial charge in [-0.25, -0.2) is 9.59 Å². The van der Waals surface area contributed by atoms with Gasteiger partial charge in [0.1, 0.15) is 0 Å². The third-order valence-electron chi connectivity index (χ3n) is 4.09. The van der Waals surface area contributed by atoms with Crippen molar-refractivity contribution in [2.24, 2.45) is 0 Å². The molecule has 1 aliphatic heterocycles. The minimum Gasteiger partial charge on any atom is -0.452 e. The Balaban J connectivity index is 1.70. The highest BCUT2D eigenvalue weighted by molar-refractivity contribution is 5.91. The normalized spacial score (nSPS) is 14.6. The molecular formula is C18H24N2O6. The van der Waals surface area contributed by atoms with E-state index in [4.69, 9.17) is 14.6 Å². The molecule has 0 atom stereocenters. The number of aliphatic hydroxyl groups is 1. The Labute approximate surface area is 152 Å². The lowest BCUT2D eigenvalue weighted by molar-refractivity contribution is -0.125. The number of hydrogen-bond acceptors (Lipinski definition) is 6. The first-order chi connectivity index (χ1) is 12.5. The summed E-state index contributed by atoms with van der Waals surface area (Å²) in [6.07, 6.45) is 0.917. The number of aliphatic hydroxyl groups excluding tert-OH is 1. The predicted molar refractivity (Wildman–Crippen MR) is 92.4 cm³/mol. The van der Waals surface area contributed by atoms with E-state index < -0.39 is 5.97 Å². The molecule has 2 amide bonds. The third-order valence-corrected chi connectivity index (χ3v) is 4.09. The average molecular weight is 364 g/mol. The van der Waals surface area contributed by atoms with Crippen molar-refractivity contribution in [2.45, 2.75) is 32.4 Å². The standard InChI is InChI=1S/C18H24N2O6/c1-2-25-18(24)20-9-7-15(8-10-20)19-16(22)12-26-17(23)14-5-3-13(11-21)4-6-14/h3-6,15,21H,2,7-12H2,1H3,(H,19,22). The molecule has 2 rings (SSSR count). The molecular weight excluding hydrogens is 340 g/mol. The molecule has 26 heavy (non-hydrogen) atoms. The SMILES string of the molecule is CCOC(=O)N1CCC(NC(=O)COC(=O)c2ccc(CO)cc2)CC1. The summed E-state index contributed by atoms with van der Waals surface area (Å²) in [7, 11) is 0. The minimum atomic E-state index is -0.596. The quantitative estimate of drug-likeness (QED) is 0.732. The largest absolute Gasteiger partial charge is 0.452 e. The molecule has 0 unspecified atom stereocenters. The van der Waals surface area contributed by atoms with Gasteiger partial charge in [0, 0.05) is 19.1 Å². The monoisotopic (exact) mass is 364 g/mol. The second kappa shape index (κ2) is 9.76. The predicted octanol–water partition coefficient (Wildman–Crippen LogP) is 1.07. The number of carbonyl (C=O) groups is 3. The number of esters is 1. The first kappa shape index (κ1) is 19.7. The molecule has 1 aromatic rings. The lowest BCUT2D eigenvalue weighted by atomic mass is 10.1. The van der Waals surface area contributed by atoms with Crippen LogP contribution in [0.1, 0.15) is 35.7 Å². The summed E-state index contributed by atoms with van der Waals surface area (Å²) in [5.74, 6) is -0.971. The van der Waals surface area contributed by atoms with Gasteiger partial charge in [0.25, 0.3) is 5.91 Å². The van der Waals surface area contributed by atoms with E-state index in [0.29, 0.717) is 43.7 Å². The van der Waals surface area contributed by atoms with Crippen molar-refractivity contribution >= 4 is 18.0 Å². The fraction of sp³-hybridized carbons (Fsp3) is 0.500. The van der Waals surface area contributed by atoms with E-state index in [1.165, 1.54) is 12.1 Å². The van der Waals surface area contributed by atoms with Crippen LogP contribution in [-0.4, -0.2) is 60.3 Å². The first-order valence-electron chi connectivity index (χ1n) is 8.61. The van der Waals surface area contributed by atoms with E-state index in [9.17, 15) is 14.4 Å². The van der Waals surface area contributed by atoms with Crippen molar-refractivity contribution < 1.29 is 29.0 Å². The molecule has 1 aliphatic rings. The summed E-state index contributed by atoms with van der Waals surface area (Å²) < 4.78 is 9.95. The summed E-state index contributed by atoms with van der Waals surface area (Å²) in [6, 6.07) is 6.26. The molecule has 0 aromatic heterocycles. The molecule has 1 fully saturated rings. The Morgan fingerprint density at radius 1 is 1.15 bits per heavy atom. The Morgan fingerprint density at radius 2 is 1.81 bits per heavy atom. The molecule has 8 nitrogen and oxygen atoms in total. The van der Waals surface area contributed by atoms with Gasteiger partial charge in [0.05, 0.1) is 18.8 Å². The van der Waals surface area contributed by atoms with E-state index in [1.807, 2.05) is 0 Å². The number of likely N-dealkylation sites (tertiary alicyclic amines) is 1. The van der Waals surface area contributed by atoms with Crippen LogP contribution in [0, 0.1) is 0 Å². The molecule has 8 heteroatoms. The van der Waals surface area contributed by atoms with Crippen LogP contribution in [0.5, 0.6) is 0 Å². The van der Waals surface area contributed by atoms with E-state index >= 15 is 0 Å². The average Bonchev–Trinajstić information content (AvgIpc) is 2.67. The maximum Gasteiger partial charge on any atom is 0.409 e. The zero-order chi connectivity index (χ0) is 18.9. The smallest absolute Gasteiger partial charge is 0.409 e. The number of nitrogens with one attached hydrogen (secondary N) is 1. The lowest BCUT2D eigenvalue weighted by Crippen LogP contribution is -2.47. The molecule has 2 N–H and O–H groups in total. The maximum absolute atomic E-state index is 11.9. The van der Waals surface area contributed by atoms with Gasteiger partial charge in [0.2, 0.25) is 0 Å². The number of carbonyl (C=O) groups excluding carboxylic acids is 3. The van der Waals surface area contributed by atoms with Crippen LogP contribution >= 0.6 is 0 Å². The van der Waals surface area contributed by atoms with Crippen LogP contribution in [-0.2, 0) is 20.9 Å². The number of amides is 2. The Morgan fingerprint density at radius 3 is 2.38 bits per heavy atom. The van der Waals surface area contributed by atoms with Crippen LogP contribution < -0.4 is 5.32 Å². The number of benzene rings is 1. The topological polar surface area (TPSA) is 105 Å². The van der Waals surface area contributed by atoms with Gasteiger partial charge in [0.15, 0.2) is 6.61 Å². The summed E-state index contributed by atoms with van der Waals surface area (Å²) in [5.41, 5.74) is 1.01. The zero-order valence-corrected chi connectivity index (χ0v) is 14.8. The van der Waals surface area contributed by atoms with E-state index in [1.54, 1.807) is 24.0 Å². The molecule has 0 radical (unpaired) electrons. The number of hydrogen-bond donors (Lipinski definition) is 2. The van der Waals surface area contributed by atoms with Crippen LogP contribution in [0.25, 0.3) is 0 Å². The molecule has 0 aliphatic carbocycles. The van der Waals surface area contributed by atoms with Crippen LogP contribution in [0.15, 0.2) is 24.3 Å². The second-order valence-corrected chi connectivity index (χ2v) is 5.96. The second-order valence-electron chi connectivity index (χ2n) is 5.96. The summed E-state index contributed by atoms with van der Waals surface area (Å²) in [5, 5.41) is 11.8. The van der Waals surface area contributed by atoms with Gasteiger partial charge in [-0.15, -0.1) is 0 Å². The van der Waals surface area contributed by atoms with Gasteiger partial charge in [-0.3, -0.25) is 4.79 Å². The molecule has 1 heterocycles. The number of piperidine rings is 1. The fourth-order valence-electron chi connectivity index (χ4n) is 2.65. The molecule has 1 saturated heterocycles. The summed E-state index contributed by atoms with van der Waals surface area (Å²) in [4.78, 5) is 37.1. The van der Waals surface area contributed by atoms with E-state index in [0.717, 1.165) is 0 Å². The molecule has 1 aromatic carbocycles. The van der Waals surface area contributed by atoms with Crippen molar-refractivity contribution in [2.75, 3.05) is 26.3 Å². The minimum absolute atomic E-state index is 0.0595. The number of rotatable bonds is 6. The van der Waals surface area contributed by atoms with E-state index in [-0.39, 0.29) is 31.3 Å². The van der Waals surface area contributed by atoms with Crippen molar-refractivity contribution in [3.05, 3.63) is 35.4 Å². The summed E-state index contributed by atoms with van der Waals surface area (Å²) >= 11 is 0. The highest BCUT2D eigenvalue weighted by Crippen LogP contribution is 2.11. The third kappa shape index (κ3) is 5.73. The Hall–Kier alpha value is -2.61. The number of nitrogens with zero attached hydrogens (tertiary/aromatic N) is 1. The van der Waals surface area contributed by atoms with Gasteiger partial charge in [-0.2, -0.15) is 0 Å². The van der Waals surface area contributed by atoms with Crippen LogP contribution in [0.3, 0.4) is 0 Å². The highest BCUT2D eigenvalue weighted by Gasteiger charge is 2.24. The molecule has 142 valence electrons. The molecule has 0 bridgehead atoms. The van der Waals surface area contributed by atoms with Gasteiger partial charge < -0.3 is 24.8 Å². The van der Waals surface area contributed by atoms with Gasteiger partial charge in [-0.1, -0.05) is 12.1 Å². The first-order valence-corrected chi connectivity index (χ1v) is 8.61. The van der Waals surface area contributed by atoms with Crippen molar-refractivity contribution in [1.82, 2.24) is 10.2 Å². The summed E-state index contributed by atoms with van der Waals surface area (Å²) in [6.45, 7) is 2.66.